The van der Waals surface area contributed by atoms with Gasteiger partial charge in [0.15, 0.2) is 0 Å². The Morgan fingerprint density at radius 3 is 2.20 bits per heavy atom. The van der Waals surface area contributed by atoms with Crippen molar-refractivity contribution in [3.05, 3.63) is 57.0 Å². The van der Waals surface area contributed by atoms with E-state index in [1.165, 1.54) is 25.1 Å². The highest BCUT2D eigenvalue weighted by molar-refractivity contribution is 6.36. The maximum atomic E-state index is 12.8. The molecule has 6 nitrogen and oxygen atoms in total. The summed E-state index contributed by atoms with van der Waals surface area (Å²) in [4.78, 5) is 36.7. The molecule has 30 heavy (non-hydrogen) atoms. The van der Waals surface area contributed by atoms with Crippen LogP contribution in [0.25, 0.3) is 0 Å². The largest absolute Gasteiger partial charge is 0.340 e. The number of carbonyl (C=O) groups is 3. The van der Waals surface area contributed by atoms with Crippen LogP contribution >= 0.6 is 34.8 Å². The van der Waals surface area contributed by atoms with Gasteiger partial charge in [-0.3, -0.25) is 14.4 Å². The minimum atomic E-state index is -0.793. The molecule has 0 spiro atoms. The fraction of sp³-hybridized carbons (Fsp3) is 0.286. The smallest absolute Gasteiger partial charge is 0.253 e. The highest BCUT2D eigenvalue weighted by Gasteiger charge is 2.24. The standard InChI is InChI=1S/C21H22Cl3N3O3/c1-11(2)8-19(27-20(29)15-6-4-13(22)9-16(15)23)21(30)26-14-5-7-18(17(24)10-14)25-12(3)28/h4-7,9-11,19H,8H2,1-3H3,(H,25,28)(H,26,30)(H,27,29). The van der Waals surface area contributed by atoms with Crippen LogP contribution in [0.4, 0.5) is 11.4 Å². The summed E-state index contributed by atoms with van der Waals surface area (Å²) in [5.41, 5.74) is 1.10. The summed E-state index contributed by atoms with van der Waals surface area (Å²) >= 11 is 18.1. The summed E-state index contributed by atoms with van der Waals surface area (Å²) in [6, 6.07) is 8.45. The summed E-state index contributed by atoms with van der Waals surface area (Å²) in [7, 11) is 0. The van der Waals surface area contributed by atoms with E-state index in [-0.39, 0.29) is 27.4 Å². The van der Waals surface area contributed by atoms with Crippen LogP contribution in [0.5, 0.6) is 0 Å². The molecule has 0 aliphatic heterocycles. The van der Waals surface area contributed by atoms with Crippen molar-refractivity contribution in [3.63, 3.8) is 0 Å². The molecule has 9 heteroatoms. The Balaban J connectivity index is 2.16. The van der Waals surface area contributed by atoms with E-state index in [4.69, 9.17) is 34.8 Å². The van der Waals surface area contributed by atoms with E-state index in [9.17, 15) is 14.4 Å². The van der Waals surface area contributed by atoms with Crippen molar-refractivity contribution in [2.45, 2.75) is 33.2 Å². The Kier molecular flexibility index (Phi) is 8.53. The molecule has 160 valence electrons. The summed E-state index contributed by atoms with van der Waals surface area (Å²) in [6.45, 7) is 5.26. The van der Waals surface area contributed by atoms with Crippen molar-refractivity contribution < 1.29 is 14.4 Å². The van der Waals surface area contributed by atoms with Gasteiger partial charge in [-0.2, -0.15) is 0 Å². The third kappa shape index (κ3) is 6.90. The van der Waals surface area contributed by atoms with Gasteiger partial charge in [0.25, 0.3) is 5.91 Å². The van der Waals surface area contributed by atoms with E-state index < -0.39 is 17.9 Å². The van der Waals surface area contributed by atoms with Gasteiger partial charge >= 0.3 is 0 Å². The van der Waals surface area contributed by atoms with Crippen molar-refractivity contribution in [1.29, 1.82) is 0 Å². The van der Waals surface area contributed by atoms with Gasteiger partial charge in [0.05, 0.1) is 21.3 Å². The number of halogens is 3. The molecule has 2 rings (SSSR count). The van der Waals surface area contributed by atoms with Crippen LogP contribution in [-0.4, -0.2) is 23.8 Å². The number of hydrogen-bond acceptors (Lipinski definition) is 3. The molecule has 3 N–H and O–H groups in total. The van der Waals surface area contributed by atoms with Gasteiger partial charge in [0.2, 0.25) is 11.8 Å². The number of anilines is 2. The highest BCUT2D eigenvalue weighted by Crippen LogP contribution is 2.26. The molecule has 1 unspecified atom stereocenters. The molecule has 0 aliphatic rings. The van der Waals surface area contributed by atoms with E-state index >= 15 is 0 Å². The van der Waals surface area contributed by atoms with Gasteiger partial charge in [-0.05, 0) is 48.7 Å². The van der Waals surface area contributed by atoms with Crippen LogP contribution in [0.15, 0.2) is 36.4 Å². The van der Waals surface area contributed by atoms with Crippen LogP contribution in [-0.2, 0) is 9.59 Å². The first kappa shape index (κ1) is 24.0. The molecular weight excluding hydrogens is 449 g/mol. The second kappa shape index (κ2) is 10.7. The number of rotatable bonds is 7. The predicted octanol–water partition coefficient (Wildman–Crippen LogP) is 5.39. The maximum absolute atomic E-state index is 12.8. The molecule has 0 aliphatic carbocycles. The Morgan fingerprint density at radius 2 is 1.63 bits per heavy atom. The van der Waals surface area contributed by atoms with Crippen LogP contribution in [0.1, 0.15) is 37.6 Å². The second-order valence-corrected chi connectivity index (χ2v) is 8.40. The maximum Gasteiger partial charge on any atom is 0.253 e. The minimum absolute atomic E-state index is 0.146. The van der Waals surface area contributed by atoms with Gasteiger partial charge in [-0.15, -0.1) is 0 Å². The van der Waals surface area contributed by atoms with Gasteiger partial charge in [-0.25, -0.2) is 0 Å². The zero-order valence-electron chi connectivity index (χ0n) is 16.7. The molecule has 1 atom stereocenters. The Morgan fingerprint density at radius 1 is 0.933 bits per heavy atom. The number of carbonyl (C=O) groups excluding carboxylic acids is 3. The summed E-state index contributed by atoms with van der Waals surface area (Å²) in [6.07, 6.45) is 0.417. The van der Waals surface area contributed by atoms with Crippen molar-refractivity contribution >= 4 is 63.9 Å². The van der Waals surface area contributed by atoms with Crippen LogP contribution in [0.2, 0.25) is 15.1 Å². The molecule has 0 bridgehead atoms. The fourth-order valence-electron chi connectivity index (χ4n) is 2.73. The monoisotopic (exact) mass is 469 g/mol. The van der Waals surface area contributed by atoms with E-state index in [0.717, 1.165) is 0 Å². The lowest BCUT2D eigenvalue weighted by Crippen LogP contribution is -2.44. The number of amides is 3. The molecule has 2 aromatic rings. The summed E-state index contributed by atoms with van der Waals surface area (Å²) in [5.74, 6) is -0.983. The fourth-order valence-corrected chi connectivity index (χ4v) is 3.45. The van der Waals surface area contributed by atoms with Crippen molar-refractivity contribution in [3.8, 4) is 0 Å². The zero-order valence-corrected chi connectivity index (χ0v) is 19.0. The minimum Gasteiger partial charge on any atom is -0.340 e. The average molecular weight is 471 g/mol. The average Bonchev–Trinajstić information content (AvgIpc) is 2.62. The van der Waals surface area contributed by atoms with Crippen LogP contribution in [0.3, 0.4) is 0 Å². The zero-order chi connectivity index (χ0) is 22.4. The molecule has 0 saturated carbocycles. The molecule has 3 amide bonds. The molecule has 0 heterocycles. The van der Waals surface area contributed by atoms with Gasteiger partial charge in [-0.1, -0.05) is 48.7 Å². The second-order valence-electron chi connectivity index (χ2n) is 7.14. The van der Waals surface area contributed by atoms with Gasteiger partial charge in [0, 0.05) is 17.6 Å². The molecule has 0 saturated heterocycles. The topological polar surface area (TPSA) is 87.3 Å². The van der Waals surface area contributed by atoms with E-state index in [2.05, 4.69) is 16.0 Å². The quantitative estimate of drug-likeness (QED) is 0.507. The van der Waals surface area contributed by atoms with Crippen molar-refractivity contribution in [2.75, 3.05) is 10.6 Å². The van der Waals surface area contributed by atoms with E-state index in [1.807, 2.05) is 13.8 Å². The molecule has 0 radical (unpaired) electrons. The first-order valence-electron chi connectivity index (χ1n) is 9.20. The third-order valence-electron chi connectivity index (χ3n) is 4.05. The van der Waals surface area contributed by atoms with Gasteiger partial charge < -0.3 is 16.0 Å². The molecule has 2 aromatic carbocycles. The number of benzene rings is 2. The molecule has 0 aromatic heterocycles. The number of nitrogens with one attached hydrogen (secondary N) is 3. The lowest BCUT2D eigenvalue weighted by atomic mass is 10.0. The SMILES string of the molecule is CC(=O)Nc1ccc(NC(=O)C(CC(C)C)NC(=O)c2ccc(Cl)cc2Cl)cc1Cl. The summed E-state index contributed by atoms with van der Waals surface area (Å²) < 4.78 is 0. The normalized spacial score (nSPS) is 11.7. The first-order valence-corrected chi connectivity index (χ1v) is 10.3. The highest BCUT2D eigenvalue weighted by atomic mass is 35.5. The Labute approximate surface area is 190 Å². The summed E-state index contributed by atoms with van der Waals surface area (Å²) in [5, 5.41) is 8.95. The lowest BCUT2D eigenvalue weighted by Gasteiger charge is -2.21. The molecular formula is C21H22Cl3N3O3. The van der Waals surface area contributed by atoms with E-state index in [0.29, 0.717) is 22.8 Å². The van der Waals surface area contributed by atoms with Crippen LogP contribution in [0, 0.1) is 5.92 Å². The van der Waals surface area contributed by atoms with Crippen molar-refractivity contribution in [2.24, 2.45) is 5.92 Å². The van der Waals surface area contributed by atoms with Crippen molar-refractivity contribution in [1.82, 2.24) is 5.32 Å². The Bertz CT molecular complexity index is 964. The van der Waals surface area contributed by atoms with E-state index in [1.54, 1.807) is 18.2 Å². The number of hydrogen-bond donors (Lipinski definition) is 3. The Hall–Kier alpha value is -2.28. The first-order chi connectivity index (χ1) is 14.1. The lowest BCUT2D eigenvalue weighted by molar-refractivity contribution is -0.118. The predicted molar refractivity (Wildman–Crippen MR) is 122 cm³/mol. The third-order valence-corrected chi connectivity index (χ3v) is 4.91. The molecule has 0 fully saturated rings. The van der Waals surface area contributed by atoms with Gasteiger partial charge in [0.1, 0.15) is 6.04 Å². The van der Waals surface area contributed by atoms with Crippen LogP contribution < -0.4 is 16.0 Å².